The van der Waals surface area contributed by atoms with Gasteiger partial charge in [-0.3, -0.25) is 29.4 Å². The van der Waals surface area contributed by atoms with Gasteiger partial charge in [0.05, 0.1) is 11.1 Å². The molecule has 0 saturated carbocycles. The smallest absolute Gasteiger partial charge is 0.404 e. The molecule has 4 amide bonds. The van der Waals surface area contributed by atoms with E-state index in [0.29, 0.717) is 4.90 Å². The molecule has 2 aliphatic heterocycles. The van der Waals surface area contributed by atoms with Gasteiger partial charge in [-0.15, -0.1) is 13.2 Å². The number of piperidine rings is 1. The van der Waals surface area contributed by atoms with Crippen LogP contribution in [0.3, 0.4) is 0 Å². The van der Waals surface area contributed by atoms with E-state index in [9.17, 15) is 40.8 Å². The first kappa shape index (κ1) is 24.0. The quantitative estimate of drug-likeness (QED) is 0.341. The van der Waals surface area contributed by atoms with Crippen molar-refractivity contribution in [2.24, 2.45) is 0 Å². The van der Waals surface area contributed by atoms with Crippen LogP contribution in [-0.4, -0.2) is 49.4 Å². The summed E-state index contributed by atoms with van der Waals surface area (Å²) in [7, 11) is -5.02. The zero-order chi connectivity index (χ0) is 25.7. The van der Waals surface area contributed by atoms with Gasteiger partial charge < -0.3 is 14.7 Å². The zero-order valence-corrected chi connectivity index (χ0v) is 18.1. The molecule has 1 fully saturated rings. The van der Waals surface area contributed by atoms with Gasteiger partial charge in [-0.25, -0.2) is 0 Å². The Balaban J connectivity index is 1.74. The van der Waals surface area contributed by atoms with Crippen molar-refractivity contribution in [3.05, 3.63) is 47.5 Å². The SMILES string of the molecule is Nc1ccc(OS(=O)(=O)c2ccccc2OC(F)(F)F)c2c1C(=O)N(C1CCC(=O)NC1=O)C2=O. The fourth-order valence-corrected chi connectivity index (χ4v) is 4.75. The molecular formula is C20H14F3N3O8S. The standard InChI is InChI=1S/C20H14F3N3O8S/c21-20(22,23)33-11-3-1-2-4-13(11)35(31,32)34-12-7-5-9(24)15-16(12)19(30)26(18(15)29)10-6-8-14(27)25-17(10)28/h1-5,7,10H,6,8,24H2,(H,25,27,28). The van der Waals surface area contributed by atoms with E-state index in [1.54, 1.807) is 0 Å². The Morgan fingerprint density at radius 3 is 2.29 bits per heavy atom. The highest BCUT2D eigenvalue weighted by atomic mass is 32.2. The Kier molecular flexibility index (Phi) is 5.67. The Morgan fingerprint density at radius 1 is 0.971 bits per heavy atom. The predicted octanol–water partition coefficient (Wildman–Crippen LogP) is 1.34. The third-order valence-corrected chi connectivity index (χ3v) is 6.41. The average Bonchev–Trinajstić information content (AvgIpc) is 3.01. The van der Waals surface area contributed by atoms with E-state index < -0.39 is 73.7 Å². The molecule has 4 rings (SSSR count). The van der Waals surface area contributed by atoms with Crippen LogP contribution in [0.4, 0.5) is 18.9 Å². The van der Waals surface area contributed by atoms with Crippen molar-refractivity contribution in [2.45, 2.75) is 30.1 Å². The predicted molar refractivity (Wildman–Crippen MR) is 108 cm³/mol. The number of nitrogens with zero attached hydrogens (tertiary/aromatic N) is 1. The van der Waals surface area contributed by atoms with Crippen LogP contribution in [-0.2, 0) is 19.7 Å². The largest absolute Gasteiger partial charge is 0.573 e. The highest BCUT2D eigenvalue weighted by molar-refractivity contribution is 7.87. The second-order valence-corrected chi connectivity index (χ2v) is 8.90. The van der Waals surface area contributed by atoms with E-state index in [1.807, 2.05) is 5.32 Å². The van der Waals surface area contributed by atoms with Crippen molar-refractivity contribution >= 4 is 39.4 Å². The highest BCUT2D eigenvalue weighted by Gasteiger charge is 2.47. The van der Waals surface area contributed by atoms with Crippen molar-refractivity contribution < 1.29 is 49.7 Å². The summed E-state index contributed by atoms with van der Waals surface area (Å²) in [6.45, 7) is 0. The van der Waals surface area contributed by atoms with Crippen molar-refractivity contribution in [1.29, 1.82) is 0 Å². The molecule has 2 aromatic rings. The zero-order valence-electron chi connectivity index (χ0n) is 17.3. The molecule has 2 heterocycles. The third-order valence-electron chi connectivity index (χ3n) is 5.13. The average molecular weight is 513 g/mol. The maximum absolute atomic E-state index is 13.1. The second-order valence-electron chi connectivity index (χ2n) is 7.38. The number of amides is 4. The van der Waals surface area contributed by atoms with Gasteiger partial charge in [0.1, 0.15) is 10.9 Å². The summed E-state index contributed by atoms with van der Waals surface area (Å²) in [6, 6.07) is 4.38. The number of halogens is 3. The number of carbonyl (C=O) groups is 4. The van der Waals surface area contributed by atoms with Gasteiger partial charge in [0.2, 0.25) is 11.8 Å². The first-order valence-electron chi connectivity index (χ1n) is 9.73. The van der Waals surface area contributed by atoms with Crippen LogP contribution in [0.25, 0.3) is 0 Å². The van der Waals surface area contributed by atoms with E-state index in [1.165, 1.54) is 0 Å². The van der Waals surface area contributed by atoms with Crippen molar-refractivity contribution in [2.75, 3.05) is 5.73 Å². The van der Waals surface area contributed by atoms with E-state index in [-0.39, 0.29) is 18.5 Å². The number of para-hydroxylation sites is 1. The summed E-state index contributed by atoms with van der Waals surface area (Å²) in [5.74, 6) is -5.46. The van der Waals surface area contributed by atoms with Crippen LogP contribution < -0.4 is 20.0 Å². The lowest BCUT2D eigenvalue weighted by molar-refractivity contribution is -0.275. The molecule has 1 atom stereocenters. The minimum Gasteiger partial charge on any atom is -0.404 e. The number of benzene rings is 2. The molecular weight excluding hydrogens is 499 g/mol. The number of nitrogens with two attached hydrogens (primary N) is 1. The number of carbonyl (C=O) groups excluding carboxylic acids is 4. The fraction of sp³-hybridized carbons (Fsp3) is 0.200. The summed E-state index contributed by atoms with van der Waals surface area (Å²) in [5, 5.41) is 2.00. The number of nitrogens with one attached hydrogen (secondary N) is 1. The first-order valence-corrected chi connectivity index (χ1v) is 11.1. The van der Waals surface area contributed by atoms with E-state index >= 15 is 0 Å². The maximum atomic E-state index is 13.1. The fourth-order valence-electron chi connectivity index (χ4n) is 3.69. The number of ether oxygens (including phenoxy) is 1. The number of hydrogen-bond acceptors (Lipinski definition) is 9. The van der Waals surface area contributed by atoms with Crippen LogP contribution in [0.5, 0.6) is 11.5 Å². The summed E-state index contributed by atoms with van der Waals surface area (Å²) < 4.78 is 72.5. The lowest BCUT2D eigenvalue weighted by atomic mass is 10.0. The number of imide groups is 2. The Morgan fingerprint density at radius 2 is 1.63 bits per heavy atom. The van der Waals surface area contributed by atoms with E-state index in [0.717, 1.165) is 36.4 Å². The maximum Gasteiger partial charge on any atom is 0.573 e. The normalized spacial score (nSPS) is 18.4. The van der Waals surface area contributed by atoms with Crippen LogP contribution in [0, 0.1) is 0 Å². The van der Waals surface area contributed by atoms with Crippen molar-refractivity contribution in [3.63, 3.8) is 0 Å². The van der Waals surface area contributed by atoms with Gasteiger partial charge in [0, 0.05) is 12.1 Å². The van der Waals surface area contributed by atoms with E-state index in [2.05, 4.69) is 4.74 Å². The minimum atomic E-state index is -5.21. The van der Waals surface area contributed by atoms with E-state index in [4.69, 9.17) is 9.92 Å². The molecule has 3 N–H and O–H groups in total. The number of hydrogen-bond donors (Lipinski definition) is 2. The Bertz CT molecular complexity index is 1390. The summed E-state index contributed by atoms with van der Waals surface area (Å²) in [6.07, 6.45) is -5.54. The first-order chi connectivity index (χ1) is 16.3. The summed E-state index contributed by atoms with van der Waals surface area (Å²) in [4.78, 5) is 49.3. The molecule has 0 radical (unpaired) electrons. The molecule has 2 aliphatic rings. The number of rotatable bonds is 5. The summed E-state index contributed by atoms with van der Waals surface area (Å²) >= 11 is 0. The molecule has 1 saturated heterocycles. The molecule has 184 valence electrons. The highest BCUT2D eigenvalue weighted by Crippen LogP contribution is 2.39. The molecule has 11 nitrogen and oxygen atoms in total. The monoisotopic (exact) mass is 513 g/mol. The van der Waals surface area contributed by atoms with Crippen LogP contribution >= 0.6 is 0 Å². The Labute approximate surface area is 194 Å². The van der Waals surface area contributed by atoms with Gasteiger partial charge in [-0.05, 0) is 30.7 Å². The molecule has 15 heteroatoms. The van der Waals surface area contributed by atoms with Gasteiger partial charge in [0.25, 0.3) is 11.8 Å². The number of anilines is 1. The van der Waals surface area contributed by atoms with Gasteiger partial charge in [-0.2, -0.15) is 8.42 Å². The molecule has 0 bridgehead atoms. The second kappa shape index (κ2) is 8.26. The van der Waals surface area contributed by atoms with Crippen molar-refractivity contribution in [1.82, 2.24) is 10.2 Å². The lowest BCUT2D eigenvalue weighted by Gasteiger charge is -2.27. The third kappa shape index (κ3) is 4.37. The molecule has 0 aliphatic carbocycles. The number of nitrogen functional groups attached to an aromatic ring is 1. The molecule has 0 spiro atoms. The molecule has 0 aromatic heterocycles. The van der Waals surface area contributed by atoms with Crippen LogP contribution in [0.1, 0.15) is 33.6 Å². The van der Waals surface area contributed by atoms with Crippen molar-refractivity contribution in [3.8, 4) is 11.5 Å². The van der Waals surface area contributed by atoms with Gasteiger partial charge in [-0.1, -0.05) is 12.1 Å². The van der Waals surface area contributed by atoms with Gasteiger partial charge in [0.15, 0.2) is 11.5 Å². The number of alkyl halides is 3. The molecule has 1 unspecified atom stereocenters. The molecule has 35 heavy (non-hydrogen) atoms. The van der Waals surface area contributed by atoms with Crippen LogP contribution in [0.2, 0.25) is 0 Å². The van der Waals surface area contributed by atoms with Crippen LogP contribution in [0.15, 0.2) is 41.3 Å². The van der Waals surface area contributed by atoms with Gasteiger partial charge >= 0.3 is 16.5 Å². The lowest BCUT2D eigenvalue weighted by Crippen LogP contribution is -2.54. The molecule has 2 aromatic carbocycles. The minimum absolute atomic E-state index is 0.160. The summed E-state index contributed by atoms with van der Waals surface area (Å²) in [5.41, 5.74) is 4.52. The number of fused-ring (bicyclic) bond motifs is 1. The Hall–Kier alpha value is -4.14. The topological polar surface area (TPSA) is 162 Å².